The number of hydrazone groups is 1. The number of aromatic amines is 1. The van der Waals surface area contributed by atoms with Crippen molar-refractivity contribution >= 4 is 45.9 Å². The largest absolute Gasteiger partial charge is 0.468 e. The van der Waals surface area contributed by atoms with Crippen molar-refractivity contribution in [2.45, 2.75) is 19.8 Å². The highest BCUT2D eigenvalue weighted by Gasteiger charge is 2.36. The summed E-state index contributed by atoms with van der Waals surface area (Å²) in [6, 6.07) is 9.97. The Labute approximate surface area is 182 Å². The van der Waals surface area contributed by atoms with E-state index < -0.39 is 29.1 Å². The number of fused-ring (bicyclic) bond motifs is 1. The van der Waals surface area contributed by atoms with Crippen molar-refractivity contribution in [3.63, 3.8) is 0 Å². The van der Waals surface area contributed by atoms with Crippen LogP contribution in [0.4, 0.5) is 5.69 Å². The van der Waals surface area contributed by atoms with Gasteiger partial charge < -0.3 is 20.9 Å². The molecule has 10 heteroatoms. The summed E-state index contributed by atoms with van der Waals surface area (Å²) in [5.74, 6) is 2.24. The van der Waals surface area contributed by atoms with Crippen LogP contribution in [0.5, 0.6) is 0 Å². The number of rotatable bonds is 5. The summed E-state index contributed by atoms with van der Waals surface area (Å²) in [5.41, 5.74) is 1.82. The number of ether oxygens (including phenoxy) is 1. The number of nitrogens with two attached hydrogens (primary N) is 1. The van der Waals surface area contributed by atoms with E-state index in [4.69, 9.17) is 22.2 Å². The number of aryl methyl sites for hydroxylation is 2. The summed E-state index contributed by atoms with van der Waals surface area (Å²) in [7, 11) is 1.12. The van der Waals surface area contributed by atoms with Gasteiger partial charge in [-0.1, -0.05) is 17.7 Å². The number of methoxy groups -OCH3 is 1. The number of benzene rings is 2. The second-order valence-electron chi connectivity index (χ2n) is 6.84. The number of H-pyrrole nitrogens is 1. The molecule has 2 aromatic carbocycles. The predicted octanol–water partition coefficient (Wildman–Crippen LogP) is 2.40. The third kappa shape index (κ3) is 4.56. The average Bonchev–Trinajstić information content (AvgIpc) is 2.73. The molecular formula is C21H20ClN5O4. The lowest BCUT2D eigenvalue weighted by Gasteiger charge is -2.16. The number of carbonyl (C=O) groups excluding carboxylic acids is 2. The SMILES string of the molecule is COC(=O)[C@@H](/C(=N/N)C(=O)Nc1ccc(C)c(C)c1)c1nc2ccc(Cl)cc2[nH]c1=O. The van der Waals surface area contributed by atoms with Crippen LogP contribution in [0, 0.1) is 13.8 Å². The van der Waals surface area contributed by atoms with E-state index in [1.54, 1.807) is 24.3 Å². The Kier molecular flexibility index (Phi) is 6.36. The third-order valence-corrected chi connectivity index (χ3v) is 5.04. The number of nitrogens with one attached hydrogen (secondary N) is 2. The van der Waals surface area contributed by atoms with Gasteiger partial charge in [-0.15, -0.1) is 0 Å². The van der Waals surface area contributed by atoms with E-state index in [9.17, 15) is 14.4 Å². The molecule has 0 bridgehead atoms. The highest BCUT2D eigenvalue weighted by molar-refractivity contribution is 6.47. The minimum atomic E-state index is -1.54. The quantitative estimate of drug-likeness (QED) is 0.240. The van der Waals surface area contributed by atoms with Gasteiger partial charge in [-0.2, -0.15) is 5.10 Å². The van der Waals surface area contributed by atoms with Crippen molar-refractivity contribution in [2.24, 2.45) is 10.9 Å². The van der Waals surface area contributed by atoms with Crippen LogP contribution in [-0.2, 0) is 14.3 Å². The first-order valence-corrected chi connectivity index (χ1v) is 9.56. The number of nitrogens with zero attached hydrogens (tertiary/aromatic N) is 2. The van der Waals surface area contributed by atoms with E-state index in [0.717, 1.165) is 18.2 Å². The Bertz CT molecular complexity index is 1270. The van der Waals surface area contributed by atoms with Gasteiger partial charge in [0.2, 0.25) is 0 Å². The minimum absolute atomic E-state index is 0.277. The molecule has 160 valence electrons. The topological polar surface area (TPSA) is 140 Å². The van der Waals surface area contributed by atoms with Gasteiger partial charge >= 0.3 is 5.97 Å². The van der Waals surface area contributed by atoms with Crippen LogP contribution in [0.15, 0.2) is 46.3 Å². The molecule has 0 aliphatic heterocycles. The summed E-state index contributed by atoms with van der Waals surface area (Å²) in [5, 5.41) is 6.54. The molecule has 0 saturated heterocycles. The van der Waals surface area contributed by atoms with Crippen molar-refractivity contribution in [1.29, 1.82) is 0 Å². The number of carbonyl (C=O) groups is 2. The molecule has 9 nitrogen and oxygen atoms in total. The number of halogens is 1. The van der Waals surface area contributed by atoms with E-state index in [1.165, 1.54) is 6.07 Å². The number of esters is 1. The maximum atomic E-state index is 12.9. The van der Waals surface area contributed by atoms with Gasteiger partial charge in [0.05, 0.1) is 18.1 Å². The fraction of sp³-hybridized carbons (Fsp3) is 0.190. The van der Waals surface area contributed by atoms with E-state index in [1.807, 2.05) is 19.9 Å². The van der Waals surface area contributed by atoms with Crippen molar-refractivity contribution < 1.29 is 14.3 Å². The summed E-state index contributed by atoms with van der Waals surface area (Å²) in [4.78, 5) is 45.0. The Hall–Kier alpha value is -3.72. The van der Waals surface area contributed by atoms with Crippen LogP contribution in [0.2, 0.25) is 5.02 Å². The summed E-state index contributed by atoms with van der Waals surface area (Å²) in [6.07, 6.45) is 0. The van der Waals surface area contributed by atoms with E-state index in [2.05, 4.69) is 20.4 Å². The van der Waals surface area contributed by atoms with Crippen LogP contribution >= 0.6 is 11.6 Å². The first-order valence-electron chi connectivity index (χ1n) is 9.18. The molecule has 31 heavy (non-hydrogen) atoms. The van der Waals surface area contributed by atoms with E-state index in [-0.39, 0.29) is 5.69 Å². The number of hydrogen-bond donors (Lipinski definition) is 3. The van der Waals surface area contributed by atoms with Gasteiger partial charge in [-0.25, -0.2) is 4.98 Å². The molecule has 0 aliphatic carbocycles. The predicted molar refractivity (Wildman–Crippen MR) is 118 cm³/mol. The van der Waals surface area contributed by atoms with Crippen LogP contribution in [0.25, 0.3) is 11.0 Å². The van der Waals surface area contributed by atoms with Crippen LogP contribution in [0.3, 0.4) is 0 Å². The van der Waals surface area contributed by atoms with Gasteiger partial charge in [0.1, 0.15) is 11.4 Å². The first-order chi connectivity index (χ1) is 14.7. The number of amides is 1. The molecule has 0 saturated carbocycles. The molecule has 3 aromatic rings. The molecule has 0 aliphatic rings. The fourth-order valence-electron chi connectivity index (χ4n) is 3.02. The lowest BCUT2D eigenvalue weighted by Crippen LogP contribution is -2.38. The summed E-state index contributed by atoms with van der Waals surface area (Å²) >= 11 is 5.95. The monoisotopic (exact) mass is 441 g/mol. The normalized spacial score (nSPS) is 12.5. The highest BCUT2D eigenvalue weighted by Crippen LogP contribution is 2.21. The first kappa shape index (κ1) is 22.0. The summed E-state index contributed by atoms with van der Waals surface area (Å²) < 4.78 is 4.80. The summed E-state index contributed by atoms with van der Waals surface area (Å²) in [6.45, 7) is 3.83. The van der Waals surface area contributed by atoms with Crippen LogP contribution in [-0.4, -0.2) is 34.7 Å². The number of hydrogen-bond acceptors (Lipinski definition) is 7. The van der Waals surface area contributed by atoms with Crippen molar-refractivity contribution in [3.8, 4) is 0 Å². The van der Waals surface area contributed by atoms with Crippen molar-refractivity contribution in [3.05, 3.63) is 68.6 Å². The Morgan fingerprint density at radius 1 is 1.19 bits per heavy atom. The molecule has 1 amide bonds. The molecular weight excluding hydrogens is 422 g/mol. The number of aromatic nitrogens is 2. The van der Waals surface area contributed by atoms with Crippen LogP contribution < -0.4 is 16.7 Å². The molecule has 4 N–H and O–H groups in total. The average molecular weight is 442 g/mol. The maximum absolute atomic E-state index is 12.9. The van der Waals surface area contributed by atoms with E-state index >= 15 is 0 Å². The molecule has 0 fully saturated rings. The third-order valence-electron chi connectivity index (χ3n) is 4.80. The molecule has 1 atom stereocenters. The highest BCUT2D eigenvalue weighted by atomic mass is 35.5. The van der Waals surface area contributed by atoms with Crippen molar-refractivity contribution in [2.75, 3.05) is 12.4 Å². The van der Waals surface area contributed by atoms with Gasteiger partial charge in [-0.05, 0) is 55.3 Å². The minimum Gasteiger partial charge on any atom is -0.468 e. The zero-order chi connectivity index (χ0) is 22.7. The lowest BCUT2D eigenvalue weighted by molar-refractivity contribution is -0.141. The Morgan fingerprint density at radius 2 is 1.94 bits per heavy atom. The maximum Gasteiger partial charge on any atom is 0.321 e. The molecule has 3 rings (SSSR count). The van der Waals surface area contributed by atoms with Gasteiger partial charge in [0.15, 0.2) is 5.92 Å². The van der Waals surface area contributed by atoms with Gasteiger partial charge in [-0.3, -0.25) is 14.4 Å². The fourth-order valence-corrected chi connectivity index (χ4v) is 3.19. The van der Waals surface area contributed by atoms with Gasteiger partial charge in [0, 0.05) is 10.7 Å². The molecule has 0 unspecified atom stereocenters. The smallest absolute Gasteiger partial charge is 0.321 e. The molecule has 1 heterocycles. The zero-order valence-electron chi connectivity index (χ0n) is 17.0. The van der Waals surface area contributed by atoms with E-state index in [0.29, 0.717) is 21.7 Å². The molecule has 0 spiro atoms. The second-order valence-corrected chi connectivity index (χ2v) is 7.27. The van der Waals surface area contributed by atoms with Crippen molar-refractivity contribution in [1.82, 2.24) is 9.97 Å². The lowest BCUT2D eigenvalue weighted by atomic mass is 9.98. The number of anilines is 1. The standard InChI is InChI=1S/C21H20ClN5O4/c1-10-4-6-13(8-11(10)2)24-20(29)18(27-23)16(21(30)31-3)17-19(28)26-15-9-12(22)5-7-14(15)25-17/h4-9,16H,23H2,1-3H3,(H,24,29)(H,26,28)/b27-18-/t16-/m1/s1. The molecule has 1 aromatic heterocycles. The molecule has 0 radical (unpaired) electrons. The zero-order valence-corrected chi connectivity index (χ0v) is 17.8. The Balaban J connectivity index is 2.05. The van der Waals surface area contributed by atoms with Gasteiger partial charge in [0.25, 0.3) is 11.5 Å². The second kappa shape index (κ2) is 8.97. The Morgan fingerprint density at radius 3 is 2.58 bits per heavy atom. The van der Waals surface area contributed by atoms with Crippen LogP contribution in [0.1, 0.15) is 22.7 Å².